The third kappa shape index (κ3) is 6.26. The summed E-state index contributed by atoms with van der Waals surface area (Å²) in [5, 5.41) is 11.4. The zero-order valence-electron chi connectivity index (χ0n) is 20.7. The van der Waals surface area contributed by atoms with E-state index in [1.165, 1.54) is 28.0 Å². The van der Waals surface area contributed by atoms with E-state index in [-0.39, 0.29) is 24.3 Å². The lowest BCUT2D eigenvalue weighted by atomic mass is 9.86. The van der Waals surface area contributed by atoms with Gasteiger partial charge in [0, 0.05) is 11.4 Å². The topological polar surface area (TPSA) is 75.6 Å². The van der Waals surface area contributed by atoms with Gasteiger partial charge in [-0.25, -0.2) is 0 Å². The molecule has 2 aromatic carbocycles. The number of thiophene rings is 1. The van der Waals surface area contributed by atoms with Crippen LogP contribution in [0.4, 0.5) is 0 Å². The first-order valence-electron chi connectivity index (χ1n) is 11.4. The fourth-order valence-corrected chi connectivity index (χ4v) is 4.63. The number of carbonyl (C=O) groups is 2. The number of benzene rings is 2. The molecule has 0 saturated carbocycles. The smallest absolute Gasteiger partial charge is 0.305 e. The Morgan fingerprint density at radius 1 is 0.971 bits per heavy atom. The monoisotopic (exact) mass is 479 g/mol. The first-order chi connectivity index (χ1) is 15.9. The lowest BCUT2D eigenvalue weighted by Gasteiger charge is -2.26. The van der Waals surface area contributed by atoms with Crippen LogP contribution in [0, 0.1) is 6.92 Å². The lowest BCUT2D eigenvalue weighted by Crippen LogP contribution is -2.25. The number of aliphatic carboxylic acids is 1. The van der Waals surface area contributed by atoms with Crippen LogP contribution in [0.5, 0.6) is 5.75 Å². The number of carboxylic acid groups (broad SMARTS) is 1. The van der Waals surface area contributed by atoms with E-state index >= 15 is 0 Å². The van der Waals surface area contributed by atoms with Crippen LogP contribution in [0.25, 0.3) is 11.1 Å². The van der Waals surface area contributed by atoms with Gasteiger partial charge in [-0.05, 0) is 72.7 Å². The number of hydrogen-bond acceptors (Lipinski definition) is 4. The summed E-state index contributed by atoms with van der Waals surface area (Å²) in [7, 11) is 0. The molecular weight excluding hydrogens is 446 g/mol. The molecule has 0 bridgehead atoms. The molecule has 3 rings (SSSR count). The molecule has 6 heteroatoms. The highest BCUT2D eigenvalue weighted by Crippen LogP contribution is 2.35. The Labute approximate surface area is 205 Å². The van der Waals surface area contributed by atoms with Gasteiger partial charge in [-0.3, -0.25) is 9.59 Å². The molecule has 5 nitrogen and oxygen atoms in total. The van der Waals surface area contributed by atoms with Crippen molar-refractivity contribution >= 4 is 23.2 Å². The third-order valence-electron chi connectivity index (χ3n) is 5.68. The second-order valence-electron chi connectivity index (χ2n) is 9.98. The Morgan fingerprint density at radius 2 is 1.65 bits per heavy atom. The molecule has 0 saturated heterocycles. The van der Waals surface area contributed by atoms with Crippen LogP contribution in [-0.2, 0) is 15.8 Å². The minimum Gasteiger partial charge on any atom is -0.482 e. The highest BCUT2D eigenvalue weighted by atomic mass is 32.1. The van der Waals surface area contributed by atoms with Gasteiger partial charge in [0.2, 0.25) is 0 Å². The minimum atomic E-state index is -0.940. The number of ether oxygens (including phenoxy) is 1. The normalized spacial score (nSPS) is 11.8. The molecule has 1 aromatic heterocycles. The Balaban J connectivity index is 1.72. The molecule has 34 heavy (non-hydrogen) atoms. The molecule has 2 N–H and O–H groups in total. The number of rotatable bonds is 8. The van der Waals surface area contributed by atoms with E-state index in [1.807, 2.05) is 32.0 Å². The van der Waals surface area contributed by atoms with Crippen LogP contribution in [0.1, 0.15) is 66.7 Å². The Bertz CT molecular complexity index is 1170. The SMILES string of the molecule is Cc1cc(OC(C)(C)c2ccc(C(=O)NCCC(=O)O)s2)ccc1-c1ccc(C(C)(C)C)cc1. The Kier molecular flexibility index (Phi) is 7.51. The van der Waals surface area contributed by atoms with Gasteiger partial charge >= 0.3 is 5.97 Å². The minimum absolute atomic E-state index is 0.103. The fourth-order valence-electron chi connectivity index (χ4n) is 3.67. The van der Waals surface area contributed by atoms with Gasteiger partial charge < -0.3 is 15.2 Å². The van der Waals surface area contributed by atoms with E-state index in [0.29, 0.717) is 4.88 Å². The van der Waals surface area contributed by atoms with Crippen molar-refractivity contribution in [3.63, 3.8) is 0 Å². The van der Waals surface area contributed by atoms with Crippen molar-refractivity contribution in [1.82, 2.24) is 5.32 Å². The summed E-state index contributed by atoms with van der Waals surface area (Å²) in [6.07, 6.45) is -0.103. The van der Waals surface area contributed by atoms with Gasteiger partial charge in [0.15, 0.2) is 0 Å². The zero-order valence-corrected chi connectivity index (χ0v) is 21.5. The van der Waals surface area contributed by atoms with E-state index in [2.05, 4.69) is 63.3 Å². The van der Waals surface area contributed by atoms with Crippen molar-refractivity contribution in [2.45, 2.75) is 59.0 Å². The molecular formula is C28H33NO4S. The van der Waals surface area contributed by atoms with E-state index in [1.54, 1.807) is 6.07 Å². The lowest BCUT2D eigenvalue weighted by molar-refractivity contribution is -0.136. The third-order valence-corrected chi connectivity index (χ3v) is 7.07. The molecule has 3 aromatic rings. The summed E-state index contributed by atoms with van der Waals surface area (Å²) in [6, 6.07) is 18.5. The highest BCUT2D eigenvalue weighted by molar-refractivity contribution is 7.14. The van der Waals surface area contributed by atoms with Gasteiger partial charge in [0.1, 0.15) is 11.4 Å². The fraction of sp³-hybridized carbons (Fsp3) is 0.357. The second kappa shape index (κ2) is 10.0. The van der Waals surface area contributed by atoms with Crippen molar-refractivity contribution < 1.29 is 19.4 Å². The van der Waals surface area contributed by atoms with Gasteiger partial charge in [0.25, 0.3) is 5.91 Å². The van der Waals surface area contributed by atoms with Crippen molar-refractivity contribution in [2.75, 3.05) is 6.54 Å². The highest BCUT2D eigenvalue weighted by Gasteiger charge is 2.26. The summed E-state index contributed by atoms with van der Waals surface area (Å²) in [4.78, 5) is 24.4. The second-order valence-corrected chi connectivity index (χ2v) is 11.1. The quantitative estimate of drug-likeness (QED) is 0.385. The van der Waals surface area contributed by atoms with Crippen LogP contribution in [0.3, 0.4) is 0 Å². The Morgan fingerprint density at radius 3 is 2.24 bits per heavy atom. The van der Waals surface area contributed by atoms with E-state index < -0.39 is 11.6 Å². The molecule has 0 aliphatic heterocycles. The number of carboxylic acids is 1. The van der Waals surface area contributed by atoms with Crippen LogP contribution < -0.4 is 10.1 Å². The van der Waals surface area contributed by atoms with Gasteiger partial charge in [-0.1, -0.05) is 51.1 Å². The standard InChI is InChI=1S/C28H33NO4S/c1-18-17-21(11-12-22(18)19-7-9-20(10-8-19)27(2,3)4)33-28(5,6)24-14-13-23(34-24)26(32)29-16-15-25(30)31/h7-14,17H,15-16H2,1-6H3,(H,29,32)(H,30,31). The summed E-state index contributed by atoms with van der Waals surface area (Å²) >= 11 is 1.35. The molecule has 180 valence electrons. The maximum Gasteiger partial charge on any atom is 0.305 e. The maximum atomic E-state index is 12.3. The Hall–Kier alpha value is -3.12. The molecule has 0 unspecified atom stereocenters. The molecule has 1 amide bonds. The van der Waals surface area contributed by atoms with Crippen molar-refractivity contribution in [2.24, 2.45) is 0 Å². The summed E-state index contributed by atoms with van der Waals surface area (Å²) in [5.74, 6) is -0.450. The summed E-state index contributed by atoms with van der Waals surface area (Å²) in [5.41, 5.74) is 4.27. The average molecular weight is 480 g/mol. The molecule has 0 aliphatic rings. The van der Waals surface area contributed by atoms with Gasteiger partial charge in [-0.15, -0.1) is 11.3 Å². The summed E-state index contributed by atoms with van der Waals surface area (Å²) in [6.45, 7) is 12.8. The first-order valence-corrected chi connectivity index (χ1v) is 12.2. The molecule has 0 spiro atoms. The van der Waals surface area contributed by atoms with Crippen molar-refractivity contribution in [3.8, 4) is 16.9 Å². The number of carbonyl (C=O) groups excluding carboxylic acids is 1. The van der Waals surface area contributed by atoms with Gasteiger partial charge in [0.05, 0.1) is 11.3 Å². The molecule has 1 heterocycles. The zero-order chi connectivity index (χ0) is 25.1. The number of aryl methyl sites for hydroxylation is 1. The van der Waals surface area contributed by atoms with Crippen LogP contribution in [0.2, 0.25) is 0 Å². The number of nitrogens with one attached hydrogen (secondary N) is 1. The van der Waals surface area contributed by atoms with Gasteiger partial charge in [-0.2, -0.15) is 0 Å². The first kappa shape index (κ1) is 25.5. The van der Waals surface area contributed by atoms with Crippen LogP contribution in [0.15, 0.2) is 54.6 Å². The predicted molar refractivity (Wildman–Crippen MR) is 138 cm³/mol. The summed E-state index contributed by atoms with van der Waals surface area (Å²) < 4.78 is 6.33. The average Bonchev–Trinajstić information content (AvgIpc) is 3.24. The van der Waals surface area contributed by atoms with E-state index in [4.69, 9.17) is 9.84 Å². The largest absolute Gasteiger partial charge is 0.482 e. The molecule has 0 fully saturated rings. The maximum absolute atomic E-state index is 12.3. The molecule has 0 atom stereocenters. The number of amides is 1. The van der Waals surface area contributed by atoms with Crippen LogP contribution in [-0.4, -0.2) is 23.5 Å². The van der Waals surface area contributed by atoms with Crippen molar-refractivity contribution in [1.29, 1.82) is 0 Å². The van der Waals surface area contributed by atoms with E-state index in [0.717, 1.165) is 16.2 Å². The number of hydrogen-bond donors (Lipinski definition) is 2. The van der Waals surface area contributed by atoms with Crippen molar-refractivity contribution in [3.05, 3.63) is 75.5 Å². The van der Waals surface area contributed by atoms with E-state index in [9.17, 15) is 9.59 Å². The predicted octanol–water partition coefficient (Wildman–Crippen LogP) is 6.54. The molecule has 0 aliphatic carbocycles. The molecule has 0 radical (unpaired) electrons. The van der Waals surface area contributed by atoms with Crippen LogP contribution >= 0.6 is 11.3 Å².